The summed E-state index contributed by atoms with van der Waals surface area (Å²) < 4.78 is 40.0. The van der Waals surface area contributed by atoms with E-state index in [1.165, 1.54) is 12.1 Å². The summed E-state index contributed by atoms with van der Waals surface area (Å²) in [5.74, 6) is -0.186. The van der Waals surface area contributed by atoms with Crippen molar-refractivity contribution in [3.63, 3.8) is 0 Å². The molecule has 2 N–H and O–H groups in total. The van der Waals surface area contributed by atoms with Crippen LogP contribution in [0.5, 0.6) is 5.75 Å². The topological polar surface area (TPSA) is 38.5 Å². The molecule has 1 atom stereocenters. The average molecular weight is 288 g/mol. The number of likely N-dealkylation sites (tertiary alicyclic amines) is 1. The van der Waals surface area contributed by atoms with Crippen molar-refractivity contribution >= 4 is 0 Å². The van der Waals surface area contributed by atoms with E-state index in [9.17, 15) is 13.2 Å². The Morgan fingerprint density at radius 2 is 1.95 bits per heavy atom. The molecular formula is C14H19F3N2O. The van der Waals surface area contributed by atoms with Crippen LogP contribution in [0, 0.1) is 5.41 Å². The highest BCUT2D eigenvalue weighted by Crippen LogP contribution is 2.30. The summed E-state index contributed by atoms with van der Waals surface area (Å²) in [6, 6.07) is 6.03. The number of halogens is 3. The van der Waals surface area contributed by atoms with Crippen LogP contribution in [-0.2, 0) is 6.54 Å². The minimum atomic E-state index is -4.64. The third-order valence-electron chi connectivity index (χ3n) is 3.69. The molecule has 0 bridgehead atoms. The molecule has 112 valence electrons. The van der Waals surface area contributed by atoms with Crippen LogP contribution in [0.2, 0.25) is 0 Å². The Morgan fingerprint density at radius 1 is 1.30 bits per heavy atom. The normalized spacial score (nSPS) is 24.1. The molecule has 6 heteroatoms. The maximum Gasteiger partial charge on any atom is 0.573 e. The monoisotopic (exact) mass is 288 g/mol. The molecule has 0 amide bonds. The lowest BCUT2D eigenvalue weighted by Crippen LogP contribution is -2.31. The zero-order valence-corrected chi connectivity index (χ0v) is 11.4. The Hall–Kier alpha value is -1.27. The van der Waals surface area contributed by atoms with E-state index in [2.05, 4.69) is 16.6 Å². The molecule has 0 aliphatic carbocycles. The summed E-state index contributed by atoms with van der Waals surface area (Å²) in [4.78, 5) is 2.27. The van der Waals surface area contributed by atoms with Crippen molar-refractivity contribution in [2.24, 2.45) is 11.1 Å². The van der Waals surface area contributed by atoms with Gasteiger partial charge in [0.1, 0.15) is 5.75 Å². The van der Waals surface area contributed by atoms with Crippen molar-refractivity contribution in [2.75, 3.05) is 19.6 Å². The van der Waals surface area contributed by atoms with E-state index in [4.69, 9.17) is 5.73 Å². The smallest absolute Gasteiger partial charge is 0.406 e. The van der Waals surface area contributed by atoms with Crippen molar-refractivity contribution in [2.45, 2.75) is 26.3 Å². The summed E-state index contributed by atoms with van der Waals surface area (Å²) in [5, 5.41) is 0. The number of benzene rings is 1. The van der Waals surface area contributed by atoms with Gasteiger partial charge in [0, 0.05) is 13.1 Å². The van der Waals surface area contributed by atoms with Gasteiger partial charge < -0.3 is 10.5 Å². The largest absolute Gasteiger partial charge is 0.573 e. The number of nitrogens with zero attached hydrogens (tertiary/aromatic N) is 1. The minimum absolute atomic E-state index is 0.152. The molecule has 1 aliphatic heterocycles. The van der Waals surface area contributed by atoms with Crippen LogP contribution in [0.3, 0.4) is 0 Å². The number of alkyl halides is 3. The van der Waals surface area contributed by atoms with E-state index >= 15 is 0 Å². The van der Waals surface area contributed by atoms with Crippen LogP contribution in [0.25, 0.3) is 0 Å². The number of ether oxygens (including phenoxy) is 1. The molecule has 1 saturated heterocycles. The van der Waals surface area contributed by atoms with E-state index in [0.29, 0.717) is 6.54 Å². The number of hydrogen-bond donors (Lipinski definition) is 1. The van der Waals surface area contributed by atoms with Crippen LogP contribution in [-0.4, -0.2) is 30.9 Å². The Balaban J connectivity index is 1.92. The molecule has 0 radical (unpaired) electrons. The standard InChI is InChI=1S/C14H19F3N2O/c1-13(9-18)6-7-19(10-13)8-11-2-4-12(5-3-11)20-14(15,16)17/h2-5H,6-10,18H2,1H3. The fourth-order valence-electron chi connectivity index (χ4n) is 2.48. The fraction of sp³-hybridized carbons (Fsp3) is 0.571. The number of hydrogen-bond acceptors (Lipinski definition) is 3. The maximum atomic E-state index is 12.1. The van der Waals surface area contributed by atoms with E-state index in [1.807, 2.05) is 0 Å². The van der Waals surface area contributed by atoms with Crippen LogP contribution in [0.15, 0.2) is 24.3 Å². The van der Waals surface area contributed by atoms with Gasteiger partial charge in [0.2, 0.25) is 0 Å². The summed E-state index contributed by atoms with van der Waals surface area (Å²) in [6.45, 7) is 5.43. The predicted molar refractivity (Wildman–Crippen MR) is 70.2 cm³/mol. The molecule has 1 unspecified atom stereocenters. The molecular weight excluding hydrogens is 269 g/mol. The molecule has 0 saturated carbocycles. The first-order valence-corrected chi connectivity index (χ1v) is 6.57. The van der Waals surface area contributed by atoms with Gasteiger partial charge in [-0.3, -0.25) is 4.90 Å². The Bertz CT molecular complexity index is 447. The highest BCUT2D eigenvalue weighted by molar-refractivity contribution is 5.27. The third kappa shape index (κ3) is 4.11. The lowest BCUT2D eigenvalue weighted by Gasteiger charge is -2.22. The molecule has 0 aromatic heterocycles. The van der Waals surface area contributed by atoms with Crippen LogP contribution in [0.1, 0.15) is 18.9 Å². The van der Waals surface area contributed by atoms with Gasteiger partial charge in [-0.2, -0.15) is 0 Å². The molecule has 1 fully saturated rings. The van der Waals surface area contributed by atoms with Gasteiger partial charge in [0.25, 0.3) is 0 Å². The van der Waals surface area contributed by atoms with Gasteiger partial charge in [-0.15, -0.1) is 13.2 Å². The highest BCUT2D eigenvalue weighted by Gasteiger charge is 2.32. The molecule has 1 aliphatic rings. The van der Waals surface area contributed by atoms with Crippen molar-refractivity contribution in [3.8, 4) is 5.75 Å². The van der Waals surface area contributed by atoms with E-state index in [-0.39, 0.29) is 11.2 Å². The Morgan fingerprint density at radius 3 is 2.45 bits per heavy atom. The second-order valence-corrected chi connectivity index (χ2v) is 5.67. The quantitative estimate of drug-likeness (QED) is 0.926. The highest BCUT2D eigenvalue weighted by atomic mass is 19.4. The molecule has 2 rings (SSSR count). The first-order chi connectivity index (χ1) is 9.30. The first-order valence-electron chi connectivity index (χ1n) is 6.57. The molecule has 1 aromatic rings. The van der Waals surface area contributed by atoms with Gasteiger partial charge in [0.05, 0.1) is 0 Å². The molecule has 1 aromatic carbocycles. The average Bonchev–Trinajstić information content (AvgIpc) is 2.73. The van der Waals surface area contributed by atoms with Crippen LogP contribution in [0.4, 0.5) is 13.2 Å². The molecule has 3 nitrogen and oxygen atoms in total. The van der Waals surface area contributed by atoms with Gasteiger partial charge in [0.15, 0.2) is 0 Å². The van der Waals surface area contributed by atoms with Gasteiger partial charge in [-0.25, -0.2) is 0 Å². The Kier molecular flexibility index (Phi) is 4.25. The van der Waals surface area contributed by atoms with Gasteiger partial charge in [-0.05, 0) is 42.6 Å². The SMILES string of the molecule is CC1(CN)CCN(Cc2ccc(OC(F)(F)F)cc2)C1. The second-order valence-electron chi connectivity index (χ2n) is 5.67. The number of rotatable bonds is 4. The van der Waals surface area contributed by atoms with Gasteiger partial charge >= 0.3 is 6.36 Å². The fourth-order valence-corrected chi connectivity index (χ4v) is 2.48. The van der Waals surface area contributed by atoms with Crippen LogP contribution < -0.4 is 10.5 Å². The summed E-state index contributed by atoms with van der Waals surface area (Å²) >= 11 is 0. The Labute approximate surface area is 116 Å². The van der Waals surface area contributed by atoms with Gasteiger partial charge in [-0.1, -0.05) is 19.1 Å². The first kappa shape index (κ1) is 15.1. The maximum absolute atomic E-state index is 12.1. The number of nitrogens with two attached hydrogens (primary N) is 1. The van der Waals surface area contributed by atoms with Crippen LogP contribution >= 0.6 is 0 Å². The van der Waals surface area contributed by atoms with E-state index in [0.717, 1.165) is 31.6 Å². The summed E-state index contributed by atoms with van der Waals surface area (Å²) in [7, 11) is 0. The zero-order valence-electron chi connectivity index (χ0n) is 11.4. The molecule has 1 heterocycles. The predicted octanol–water partition coefficient (Wildman–Crippen LogP) is 2.76. The van der Waals surface area contributed by atoms with Crippen molar-refractivity contribution in [1.29, 1.82) is 0 Å². The lowest BCUT2D eigenvalue weighted by atomic mass is 9.90. The van der Waals surface area contributed by atoms with E-state index < -0.39 is 6.36 Å². The van der Waals surface area contributed by atoms with E-state index in [1.54, 1.807) is 12.1 Å². The van der Waals surface area contributed by atoms with Crippen molar-refractivity contribution in [1.82, 2.24) is 4.90 Å². The lowest BCUT2D eigenvalue weighted by molar-refractivity contribution is -0.274. The second kappa shape index (κ2) is 5.61. The third-order valence-corrected chi connectivity index (χ3v) is 3.69. The summed E-state index contributed by atoms with van der Waals surface area (Å²) in [5.41, 5.74) is 6.88. The van der Waals surface area contributed by atoms with Crippen molar-refractivity contribution in [3.05, 3.63) is 29.8 Å². The summed E-state index contributed by atoms with van der Waals surface area (Å²) in [6.07, 6.45) is -3.59. The minimum Gasteiger partial charge on any atom is -0.406 e. The van der Waals surface area contributed by atoms with Crippen molar-refractivity contribution < 1.29 is 17.9 Å². The zero-order chi connectivity index (χ0) is 14.8. The molecule has 0 spiro atoms. The molecule has 20 heavy (non-hydrogen) atoms.